The van der Waals surface area contributed by atoms with Crippen molar-refractivity contribution in [1.29, 1.82) is 0 Å². The Morgan fingerprint density at radius 2 is 2.00 bits per heavy atom. The lowest BCUT2D eigenvalue weighted by molar-refractivity contribution is 0.0535. The molecule has 0 bridgehead atoms. The molecule has 23 heavy (non-hydrogen) atoms. The molecule has 1 saturated heterocycles. The number of alkyl carbamates (subject to hydrolysis) is 1. The minimum Gasteiger partial charge on any atom is -0.444 e. The van der Waals surface area contributed by atoms with Crippen molar-refractivity contribution in [3.05, 3.63) is 29.8 Å². The van der Waals surface area contributed by atoms with Gasteiger partial charge >= 0.3 is 6.09 Å². The number of nitrogens with zero attached hydrogens (tertiary/aromatic N) is 1. The molecule has 0 aromatic heterocycles. The Kier molecular flexibility index (Phi) is 5.92. The number of rotatable bonds is 2. The monoisotopic (exact) mass is 314 g/mol. The van der Waals surface area contributed by atoms with Crippen molar-refractivity contribution in [2.75, 3.05) is 24.5 Å². The van der Waals surface area contributed by atoms with E-state index in [0.29, 0.717) is 0 Å². The minimum atomic E-state index is -0.486. The number of hydrogen-bond donors (Lipinski definition) is 1. The summed E-state index contributed by atoms with van der Waals surface area (Å²) in [7, 11) is 0. The first kappa shape index (κ1) is 17.2. The molecule has 0 saturated carbocycles. The van der Waals surface area contributed by atoms with Crippen LogP contribution in [-0.2, 0) is 4.74 Å². The van der Waals surface area contributed by atoms with E-state index in [4.69, 9.17) is 4.74 Å². The fourth-order valence-corrected chi connectivity index (χ4v) is 2.51. The molecule has 4 nitrogen and oxygen atoms in total. The van der Waals surface area contributed by atoms with Crippen molar-refractivity contribution >= 4 is 11.8 Å². The lowest BCUT2D eigenvalue weighted by Crippen LogP contribution is -2.32. The first-order chi connectivity index (χ1) is 10.9. The quantitative estimate of drug-likeness (QED) is 0.849. The van der Waals surface area contributed by atoms with Gasteiger partial charge in [-0.1, -0.05) is 17.9 Å². The van der Waals surface area contributed by atoms with Crippen LogP contribution in [-0.4, -0.2) is 31.3 Å². The fraction of sp³-hybridized carbons (Fsp3) is 0.526. The summed E-state index contributed by atoms with van der Waals surface area (Å²) in [5.41, 5.74) is 1.72. The Morgan fingerprint density at radius 3 is 2.70 bits per heavy atom. The molecule has 2 rings (SSSR count). The van der Waals surface area contributed by atoms with E-state index in [1.54, 1.807) is 0 Å². The fourth-order valence-electron chi connectivity index (χ4n) is 2.51. The molecule has 1 N–H and O–H groups in total. The number of ether oxygens (including phenoxy) is 1. The number of carbonyl (C=O) groups excluding carboxylic acids is 1. The third-order valence-electron chi connectivity index (χ3n) is 3.52. The molecule has 1 aromatic rings. The van der Waals surface area contributed by atoms with Crippen LogP contribution in [0.3, 0.4) is 0 Å². The molecular formula is C19H26N2O2. The molecule has 0 aliphatic carbocycles. The molecule has 0 radical (unpaired) electrons. The predicted octanol–water partition coefficient (Wildman–Crippen LogP) is 3.55. The summed E-state index contributed by atoms with van der Waals surface area (Å²) < 4.78 is 5.16. The maximum absolute atomic E-state index is 11.5. The molecule has 124 valence electrons. The molecule has 0 unspecified atom stereocenters. The second-order valence-electron chi connectivity index (χ2n) is 6.76. The van der Waals surface area contributed by atoms with E-state index in [-0.39, 0.29) is 6.54 Å². The van der Waals surface area contributed by atoms with Gasteiger partial charge in [-0.15, -0.1) is 0 Å². The number of nitrogens with one attached hydrogen (secondary N) is 1. The number of piperidine rings is 1. The number of carbonyl (C=O) groups is 1. The Hall–Kier alpha value is -2.15. The van der Waals surface area contributed by atoms with Gasteiger partial charge in [0.25, 0.3) is 0 Å². The smallest absolute Gasteiger partial charge is 0.408 e. The summed E-state index contributed by atoms with van der Waals surface area (Å²) in [4.78, 5) is 13.9. The van der Waals surface area contributed by atoms with Crippen LogP contribution >= 0.6 is 0 Å². The van der Waals surface area contributed by atoms with Crippen LogP contribution in [0.25, 0.3) is 0 Å². The van der Waals surface area contributed by atoms with Crippen molar-refractivity contribution in [2.24, 2.45) is 0 Å². The molecule has 1 fully saturated rings. The second-order valence-corrected chi connectivity index (χ2v) is 6.76. The van der Waals surface area contributed by atoms with Gasteiger partial charge in [0.15, 0.2) is 0 Å². The van der Waals surface area contributed by atoms with Crippen molar-refractivity contribution in [1.82, 2.24) is 5.32 Å². The van der Waals surface area contributed by atoms with Crippen molar-refractivity contribution in [3.8, 4) is 11.8 Å². The van der Waals surface area contributed by atoms with Crippen LogP contribution < -0.4 is 10.2 Å². The highest BCUT2D eigenvalue weighted by Crippen LogP contribution is 2.20. The number of anilines is 1. The summed E-state index contributed by atoms with van der Waals surface area (Å²) in [5.74, 6) is 6.06. The Bertz CT molecular complexity index is 587. The summed E-state index contributed by atoms with van der Waals surface area (Å²) in [6, 6.07) is 8.28. The highest BCUT2D eigenvalue weighted by molar-refractivity contribution is 5.68. The SMILES string of the molecule is CC(C)(C)OC(=O)NCC#Cc1cccc(N2CCCCC2)c1. The van der Waals surface area contributed by atoms with Crippen LogP contribution in [0.5, 0.6) is 0 Å². The maximum atomic E-state index is 11.5. The van der Waals surface area contributed by atoms with Gasteiger partial charge in [0.1, 0.15) is 5.60 Å². The third-order valence-corrected chi connectivity index (χ3v) is 3.52. The maximum Gasteiger partial charge on any atom is 0.408 e. The van der Waals surface area contributed by atoms with Gasteiger partial charge in [0.05, 0.1) is 6.54 Å². The lowest BCUT2D eigenvalue weighted by atomic mass is 10.1. The topological polar surface area (TPSA) is 41.6 Å². The molecule has 1 aliphatic heterocycles. The first-order valence-electron chi connectivity index (χ1n) is 8.25. The molecule has 0 atom stereocenters. The number of hydrogen-bond acceptors (Lipinski definition) is 3. The first-order valence-corrected chi connectivity index (χ1v) is 8.25. The third kappa shape index (κ3) is 6.23. The standard InChI is InChI=1S/C19H26N2O2/c1-19(2,3)23-18(22)20-12-8-10-16-9-7-11-17(15-16)21-13-5-4-6-14-21/h7,9,11,15H,4-6,12-14H2,1-3H3,(H,20,22). The zero-order valence-corrected chi connectivity index (χ0v) is 14.3. The van der Waals surface area contributed by atoms with Gasteiger partial charge in [-0.3, -0.25) is 0 Å². The van der Waals surface area contributed by atoms with E-state index < -0.39 is 11.7 Å². The van der Waals surface area contributed by atoms with E-state index in [1.165, 1.54) is 24.9 Å². The van der Waals surface area contributed by atoms with Gasteiger partial charge in [0.2, 0.25) is 0 Å². The van der Waals surface area contributed by atoms with Crippen molar-refractivity contribution < 1.29 is 9.53 Å². The summed E-state index contributed by atoms with van der Waals surface area (Å²) in [5, 5.41) is 2.64. The van der Waals surface area contributed by atoms with Gasteiger partial charge in [-0.05, 0) is 58.2 Å². The van der Waals surface area contributed by atoms with E-state index in [1.807, 2.05) is 32.9 Å². The van der Waals surface area contributed by atoms with Crippen LogP contribution in [0, 0.1) is 11.8 Å². The summed E-state index contributed by atoms with van der Waals surface area (Å²) in [6.07, 6.45) is 3.41. The largest absolute Gasteiger partial charge is 0.444 e. The molecular weight excluding hydrogens is 288 g/mol. The zero-order valence-electron chi connectivity index (χ0n) is 14.3. The molecule has 4 heteroatoms. The minimum absolute atomic E-state index is 0.281. The molecule has 1 aromatic carbocycles. The molecule has 0 spiro atoms. The Balaban J connectivity index is 1.87. The lowest BCUT2D eigenvalue weighted by Gasteiger charge is -2.28. The van der Waals surface area contributed by atoms with Crippen LogP contribution in [0.15, 0.2) is 24.3 Å². The van der Waals surface area contributed by atoms with Gasteiger partial charge < -0.3 is 15.0 Å². The van der Waals surface area contributed by atoms with Gasteiger partial charge in [-0.25, -0.2) is 4.79 Å². The van der Waals surface area contributed by atoms with Crippen molar-refractivity contribution in [2.45, 2.75) is 45.6 Å². The van der Waals surface area contributed by atoms with Crippen molar-refractivity contribution in [3.63, 3.8) is 0 Å². The number of benzene rings is 1. The average molecular weight is 314 g/mol. The highest BCUT2D eigenvalue weighted by atomic mass is 16.6. The average Bonchev–Trinajstić information content (AvgIpc) is 2.51. The Labute approximate surface area is 139 Å². The van der Waals surface area contributed by atoms with Crippen LogP contribution in [0.4, 0.5) is 10.5 Å². The summed E-state index contributed by atoms with van der Waals surface area (Å²) >= 11 is 0. The number of amides is 1. The van der Waals surface area contributed by atoms with E-state index in [0.717, 1.165) is 18.7 Å². The van der Waals surface area contributed by atoms with Gasteiger partial charge in [-0.2, -0.15) is 0 Å². The zero-order chi connectivity index (χ0) is 16.7. The van der Waals surface area contributed by atoms with Gasteiger partial charge in [0, 0.05) is 24.3 Å². The normalized spacial score (nSPS) is 14.7. The van der Waals surface area contributed by atoms with E-state index >= 15 is 0 Å². The second kappa shape index (κ2) is 7.92. The summed E-state index contributed by atoms with van der Waals surface area (Å²) in [6.45, 7) is 8.04. The van der Waals surface area contributed by atoms with Crippen LogP contribution in [0.1, 0.15) is 45.6 Å². The van der Waals surface area contributed by atoms with E-state index in [9.17, 15) is 4.79 Å². The van der Waals surface area contributed by atoms with Crippen LogP contribution in [0.2, 0.25) is 0 Å². The van der Waals surface area contributed by atoms with E-state index in [2.05, 4.69) is 34.2 Å². The Morgan fingerprint density at radius 1 is 1.26 bits per heavy atom. The molecule has 1 amide bonds. The highest BCUT2D eigenvalue weighted by Gasteiger charge is 2.15. The predicted molar refractivity (Wildman–Crippen MR) is 93.6 cm³/mol. The molecule has 1 aliphatic rings. The molecule has 1 heterocycles.